The lowest BCUT2D eigenvalue weighted by atomic mass is 10.0. The van der Waals surface area contributed by atoms with Crippen molar-refractivity contribution in [1.82, 2.24) is 15.1 Å². The van der Waals surface area contributed by atoms with Crippen molar-refractivity contribution in [2.24, 2.45) is 7.05 Å². The van der Waals surface area contributed by atoms with Crippen molar-refractivity contribution < 1.29 is 4.74 Å². The number of rotatable bonds is 4. The summed E-state index contributed by atoms with van der Waals surface area (Å²) >= 11 is 0. The molecular weight excluding hydrogens is 262 g/mol. The Labute approximate surface area is 126 Å². The Morgan fingerprint density at radius 1 is 1.29 bits per heavy atom. The van der Waals surface area contributed by atoms with Crippen LogP contribution in [0.5, 0.6) is 5.75 Å². The quantitative estimate of drug-likeness (QED) is 0.938. The molecular formula is C17H23N3O. The van der Waals surface area contributed by atoms with Crippen LogP contribution < -0.4 is 10.1 Å². The molecule has 2 unspecified atom stereocenters. The van der Waals surface area contributed by atoms with Crippen LogP contribution in [0.25, 0.3) is 0 Å². The van der Waals surface area contributed by atoms with Gasteiger partial charge in [0.05, 0.1) is 12.8 Å². The van der Waals surface area contributed by atoms with Gasteiger partial charge in [0.25, 0.3) is 0 Å². The van der Waals surface area contributed by atoms with Crippen LogP contribution in [0, 0.1) is 6.92 Å². The third kappa shape index (κ3) is 2.68. The molecule has 0 amide bonds. The van der Waals surface area contributed by atoms with Gasteiger partial charge in [-0.1, -0.05) is 12.1 Å². The molecule has 2 heterocycles. The van der Waals surface area contributed by atoms with E-state index in [1.54, 1.807) is 0 Å². The first-order valence-electron chi connectivity index (χ1n) is 7.56. The van der Waals surface area contributed by atoms with Crippen molar-refractivity contribution in [2.75, 3.05) is 6.61 Å². The van der Waals surface area contributed by atoms with E-state index in [4.69, 9.17) is 4.74 Å². The van der Waals surface area contributed by atoms with Gasteiger partial charge in [0.15, 0.2) is 0 Å². The number of nitrogens with zero attached hydrogens (tertiary/aromatic N) is 2. The smallest absolute Gasteiger partial charge is 0.122 e. The predicted molar refractivity (Wildman–Crippen MR) is 83.6 cm³/mol. The lowest BCUT2D eigenvalue weighted by Crippen LogP contribution is -2.23. The SMILES string of the molecule is Cc1c(C(C)NC(C)c2ccc3c(c2)CCO3)cnn1C. The summed E-state index contributed by atoms with van der Waals surface area (Å²) in [6.45, 7) is 7.32. The van der Waals surface area contributed by atoms with Crippen LogP contribution in [-0.4, -0.2) is 16.4 Å². The molecule has 2 aromatic rings. The molecule has 1 N–H and O–H groups in total. The molecule has 2 atom stereocenters. The van der Waals surface area contributed by atoms with Crippen molar-refractivity contribution in [3.63, 3.8) is 0 Å². The summed E-state index contributed by atoms with van der Waals surface area (Å²) in [5.41, 5.74) is 5.11. The molecule has 0 fully saturated rings. The third-order valence-corrected chi connectivity index (χ3v) is 4.45. The standard InChI is InChI=1S/C17H23N3O/c1-11(14-5-6-17-15(9-14)7-8-21-17)19-12(2)16-10-18-20(4)13(16)3/h5-6,9-12,19H,7-8H2,1-4H3. The van der Waals surface area contributed by atoms with E-state index < -0.39 is 0 Å². The van der Waals surface area contributed by atoms with Crippen LogP contribution in [0.2, 0.25) is 0 Å². The fourth-order valence-electron chi connectivity index (χ4n) is 2.98. The van der Waals surface area contributed by atoms with Crippen LogP contribution in [0.3, 0.4) is 0 Å². The molecule has 1 aromatic carbocycles. The molecule has 112 valence electrons. The summed E-state index contributed by atoms with van der Waals surface area (Å²) in [5.74, 6) is 1.04. The Hall–Kier alpha value is -1.81. The first-order chi connectivity index (χ1) is 10.1. The van der Waals surface area contributed by atoms with E-state index in [9.17, 15) is 0 Å². The maximum Gasteiger partial charge on any atom is 0.122 e. The molecule has 1 aromatic heterocycles. The second-order valence-electron chi connectivity index (χ2n) is 5.88. The number of nitrogens with one attached hydrogen (secondary N) is 1. The van der Waals surface area contributed by atoms with E-state index in [0.29, 0.717) is 6.04 Å². The molecule has 4 nitrogen and oxygen atoms in total. The molecule has 0 saturated carbocycles. The van der Waals surface area contributed by atoms with E-state index in [1.165, 1.54) is 22.4 Å². The van der Waals surface area contributed by atoms with Gasteiger partial charge >= 0.3 is 0 Å². The second-order valence-corrected chi connectivity index (χ2v) is 5.88. The lowest BCUT2D eigenvalue weighted by molar-refractivity contribution is 0.356. The van der Waals surface area contributed by atoms with E-state index in [2.05, 4.69) is 49.4 Å². The second kappa shape index (κ2) is 5.53. The topological polar surface area (TPSA) is 39.1 Å². The van der Waals surface area contributed by atoms with Crippen molar-refractivity contribution in [1.29, 1.82) is 0 Å². The zero-order valence-corrected chi connectivity index (χ0v) is 13.2. The Morgan fingerprint density at radius 2 is 2.10 bits per heavy atom. The fourth-order valence-corrected chi connectivity index (χ4v) is 2.98. The molecule has 0 bridgehead atoms. The van der Waals surface area contributed by atoms with E-state index in [-0.39, 0.29) is 6.04 Å². The zero-order chi connectivity index (χ0) is 15.0. The minimum absolute atomic E-state index is 0.276. The molecule has 3 rings (SSSR count). The summed E-state index contributed by atoms with van der Waals surface area (Å²) < 4.78 is 7.49. The van der Waals surface area contributed by atoms with Gasteiger partial charge < -0.3 is 10.1 Å². The molecule has 4 heteroatoms. The monoisotopic (exact) mass is 285 g/mol. The van der Waals surface area contributed by atoms with Crippen LogP contribution in [0.1, 0.15) is 48.3 Å². The Morgan fingerprint density at radius 3 is 2.81 bits per heavy atom. The van der Waals surface area contributed by atoms with E-state index >= 15 is 0 Å². The fraction of sp³-hybridized carbons (Fsp3) is 0.471. The summed E-state index contributed by atoms with van der Waals surface area (Å²) in [6.07, 6.45) is 2.98. The number of aromatic nitrogens is 2. The van der Waals surface area contributed by atoms with Gasteiger partial charge in [0.2, 0.25) is 0 Å². The van der Waals surface area contributed by atoms with Crippen molar-refractivity contribution in [2.45, 2.75) is 39.3 Å². The molecule has 21 heavy (non-hydrogen) atoms. The Balaban J connectivity index is 1.74. The van der Waals surface area contributed by atoms with Crippen LogP contribution in [-0.2, 0) is 13.5 Å². The highest BCUT2D eigenvalue weighted by Crippen LogP contribution is 2.29. The average Bonchev–Trinajstić information content (AvgIpc) is 3.05. The highest BCUT2D eigenvalue weighted by molar-refractivity contribution is 5.40. The van der Waals surface area contributed by atoms with Gasteiger partial charge in [0.1, 0.15) is 5.75 Å². The van der Waals surface area contributed by atoms with Crippen LogP contribution in [0.15, 0.2) is 24.4 Å². The first kappa shape index (κ1) is 14.1. The number of fused-ring (bicyclic) bond motifs is 1. The van der Waals surface area contributed by atoms with Crippen molar-refractivity contribution >= 4 is 0 Å². The predicted octanol–water partition coefficient (Wildman–Crippen LogP) is 3.08. The first-order valence-corrected chi connectivity index (χ1v) is 7.56. The van der Waals surface area contributed by atoms with Crippen molar-refractivity contribution in [3.8, 4) is 5.75 Å². The van der Waals surface area contributed by atoms with E-state index in [0.717, 1.165) is 18.8 Å². The molecule has 1 aliphatic rings. The number of hydrogen-bond acceptors (Lipinski definition) is 3. The van der Waals surface area contributed by atoms with Gasteiger partial charge in [-0.25, -0.2) is 0 Å². The van der Waals surface area contributed by atoms with Crippen LogP contribution >= 0.6 is 0 Å². The number of hydrogen-bond donors (Lipinski definition) is 1. The summed E-state index contributed by atoms with van der Waals surface area (Å²) in [6, 6.07) is 7.09. The normalized spacial score (nSPS) is 16.4. The molecule has 0 spiro atoms. The van der Waals surface area contributed by atoms with Gasteiger partial charge in [-0.2, -0.15) is 5.10 Å². The number of ether oxygens (including phenoxy) is 1. The highest BCUT2D eigenvalue weighted by Gasteiger charge is 2.18. The molecule has 0 saturated heterocycles. The lowest BCUT2D eigenvalue weighted by Gasteiger charge is -2.21. The zero-order valence-electron chi connectivity index (χ0n) is 13.2. The maximum absolute atomic E-state index is 5.57. The minimum atomic E-state index is 0.276. The molecule has 0 radical (unpaired) electrons. The van der Waals surface area contributed by atoms with Crippen LogP contribution in [0.4, 0.5) is 0 Å². The van der Waals surface area contributed by atoms with Crippen molar-refractivity contribution in [3.05, 3.63) is 46.8 Å². The Bertz CT molecular complexity index is 647. The average molecular weight is 285 g/mol. The molecule has 0 aliphatic carbocycles. The van der Waals surface area contributed by atoms with E-state index in [1.807, 2.05) is 17.9 Å². The number of aryl methyl sites for hydroxylation is 1. The van der Waals surface area contributed by atoms with Gasteiger partial charge in [-0.3, -0.25) is 4.68 Å². The summed E-state index contributed by atoms with van der Waals surface area (Å²) in [7, 11) is 1.98. The molecule has 1 aliphatic heterocycles. The third-order valence-electron chi connectivity index (χ3n) is 4.45. The van der Waals surface area contributed by atoms with Gasteiger partial charge in [-0.05, 0) is 38.0 Å². The summed E-state index contributed by atoms with van der Waals surface area (Å²) in [4.78, 5) is 0. The Kier molecular flexibility index (Phi) is 3.72. The maximum atomic E-state index is 5.57. The number of benzene rings is 1. The highest BCUT2D eigenvalue weighted by atomic mass is 16.5. The summed E-state index contributed by atoms with van der Waals surface area (Å²) in [5, 5.41) is 7.99. The minimum Gasteiger partial charge on any atom is -0.493 e. The van der Waals surface area contributed by atoms with Gasteiger partial charge in [0, 0.05) is 36.8 Å². The largest absolute Gasteiger partial charge is 0.493 e. The van der Waals surface area contributed by atoms with Gasteiger partial charge in [-0.15, -0.1) is 0 Å².